The zero-order chi connectivity index (χ0) is 14.5. The molecule has 1 saturated heterocycles. The standard InChI is InChI=1S/C15H22N2O2S/c1-4-19-13-6-5-12(11-14(13)18-3)15(20)17-9-7-16(2)8-10-17/h5-6,11H,4,7-10H2,1-3H3. The Kier molecular flexibility index (Phi) is 5.20. The van der Waals surface area contributed by atoms with Crippen LogP contribution in [0.1, 0.15) is 12.5 Å². The molecular formula is C15H22N2O2S. The third kappa shape index (κ3) is 3.41. The molecule has 0 N–H and O–H groups in total. The zero-order valence-corrected chi connectivity index (χ0v) is 13.2. The maximum Gasteiger partial charge on any atom is 0.161 e. The Morgan fingerprint density at radius 2 is 1.90 bits per heavy atom. The summed E-state index contributed by atoms with van der Waals surface area (Å²) in [4.78, 5) is 5.46. The van der Waals surface area contributed by atoms with Gasteiger partial charge in [0, 0.05) is 31.7 Å². The molecule has 0 atom stereocenters. The van der Waals surface area contributed by atoms with Gasteiger partial charge in [0.1, 0.15) is 4.99 Å². The van der Waals surface area contributed by atoms with Gasteiger partial charge in [-0.15, -0.1) is 0 Å². The van der Waals surface area contributed by atoms with Gasteiger partial charge in [-0.05, 0) is 32.2 Å². The lowest BCUT2D eigenvalue weighted by Gasteiger charge is -2.34. The molecule has 110 valence electrons. The van der Waals surface area contributed by atoms with E-state index in [1.54, 1.807) is 7.11 Å². The minimum absolute atomic E-state index is 0.624. The molecule has 0 amide bonds. The van der Waals surface area contributed by atoms with Crippen LogP contribution in [0.4, 0.5) is 0 Å². The molecule has 0 aromatic heterocycles. The fourth-order valence-electron chi connectivity index (χ4n) is 2.27. The molecule has 0 spiro atoms. The fourth-order valence-corrected chi connectivity index (χ4v) is 2.58. The molecular weight excluding hydrogens is 272 g/mol. The summed E-state index contributed by atoms with van der Waals surface area (Å²) in [6.07, 6.45) is 0. The topological polar surface area (TPSA) is 24.9 Å². The Morgan fingerprint density at radius 3 is 2.50 bits per heavy atom. The van der Waals surface area contributed by atoms with Gasteiger partial charge >= 0.3 is 0 Å². The summed E-state index contributed by atoms with van der Waals surface area (Å²) < 4.78 is 10.9. The molecule has 5 heteroatoms. The van der Waals surface area contributed by atoms with Crippen LogP contribution in [0, 0.1) is 0 Å². The van der Waals surface area contributed by atoms with Crippen molar-refractivity contribution in [2.45, 2.75) is 6.92 Å². The van der Waals surface area contributed by atoms with Crippen LogP contribution >= 0.6 is 12.2 Å². The second kappa shape index (κ2) is 6.90. The Balaban J connectivity index is 2.13. The summed E-state index contributed by atoms with van der Waals surface area (Å²) in [6.45, 7) is 6.64. The van der Waals surface area contributed by atoms with Crippen molar-refractivity contribution in [1.29, 1.82) is 0 Å². The van der Waals surface area contributed by atoms with Crippen molar-refractivity contribution < 1.29 is 9.47 Å². The number of hydrogen-bond donors (Lipinski definition) is 0. The lowest BCUT2D eigenvalue weighted by Crippen LogP contribution is -2.46. The highest BCUT2D eigenvalue weighted by atomic mass is 32.1. The summed E-state index contributed by atoms with van der Waals surface area (Å²) in [5.41, 5.74) is 1.02. The summed E-state index contributed by atoms with van der Waals surface area (Å²) in [6, 6.07) is 5.90. The fraction of sp³-hybridized carbons (Fsp3) is 0.533. The van der Waals surface area contributed by atoms with E-state index < -0.39 is 0 Å². The molecule has 0 bridgehead atoms. The van der Waals surface area contributed by atoms with E-state index >= 15 is 0 Å². The lowest BCUT2D eigenvalue weighted by molar-refractivity contribution is 0.218. The molecule has 4 nitrogen and oxygen atoms in total. The Hall–Kier alpha value is -1.33. The Bertz CT molecular complexity index is 471. The third-order valence-corrected chi connectivity index (χ3v) is 3.99. The number of piperazine rings is 1. The maximum atomic E-state index is 5.61. The number of ether oxygens (including phenoxy) is 2. The molecule has 1 fully saturated rings. The number of benzene rings is 1. The average molecular weight is 294 g/mol. The summed E-state index contributed by atoms with van der Waals surface area (Å²) in [7, 11) is 3.79. The van der Waals surface area contributed by atoms with Crippen LogP contribution in [-0.2, 0) is 0 Å². The number of methoxy groups -OCH3 is 1. The van der Waals surface area contributed by atoms with Gasteiger partial charge in [-0.25, -0.2) is 0 Å². The Labute approximate surface area is 126 Å². The molecule has 0 radical (unpaired) electrons. The van der Waals surface area contributed by atoms with Crippen LogP contribution in [0.25, 0.3) is 0 Å². The first-order valence-electron chi connectivity index (χ1n) is 6.94. The predicted molar refractivity (Wildman–Crippen MR) is 84.9 cm³/mol. The van der Waals surface area contributed by atoms with Gasteiger partial charge in [-0.3, -0.25) is 0 Å². The molecule has 1 heterocycles. The van der Waals surface area contributed by atoms with E-state index in [-0.39, 0.29) is 0 Å². The molecule has 1 aromatic carbocycles. The largest absolute Gasteiger partial charge is 0.493 e. The molecule has 1 aliphatic heterocycles. The summed E-state index contributed by atoms with van der Waals surface area (Å²) in [5.74, 6) is 1.50. The highest BCUT2D eigenvalue weighted by Gasteiger charge is 2.18. The SMILES string of the molecule is CCOc1ccc(C(=S)N2CCN(C)CC2)cc1OC. The first-order chi connectivity index (χ1) is 9.65. The predicted octanol–water partition coefficient (Wildman–Crippen LogP) is 2.02. The van der Waals surface area contributed by atoms with Crippen LogP contribution in [0.15, 0.2) is 18.2 Å². The van der Waals surface area contributed by atoms with E-state index in [2.05, 4.69) is 16.8 Å². The van der Waals surface area contributed by atoms with Gasteiger partial charge in [-0.2, -0.15) is 0 Å². The van der Waals surface area contributed by atoms with Gasteiger partial charge in [0.15, 0.2) is 11.5 Å². The van der Waals surface area contributed by atoms with Crippen LogP contribution in [0.5, 0.6) is 11.5 Å². The molecule has 2 rings (SSSR count). The van der Waals surface area contributed by atoms with E-state index in [0.29, 0.717) is 6.61 Å². The first-order valence-corrected chi connectivity index (χ1v) is 7.35. The van der Waals surface area contributed by atoms with Crippen LogP contribution in [0.2, 0.25) is 0 Å². The molecule has 0 aliphatic carbocycles. The van der Waals surface area contributed by atoms with Crippen molar-refractivity contribution in [2.75, 3.05) is 46.9 Å². The second-order valence-electron chi connectivity index (χ2n) is 4.89. The van der Waals surface area contributed by atoms with E-state index in [1.807, 2.05) is 25.1 Å². The quantitative estimate of drug-likeness (QED) is 0.791. The van der Waals surface area contributed by atoms with Crippen molar-refractivity contribution in [3.8, 4) is 11.5 Å². The smallest absolute Gasteiger partial charge is 0.161 e. The van der Waals surface area contributed by atoms with Gasteiger partial charge in [0.25, 0.3) is 0 Å². The number of rotatable bonds is 4. The van der Waals surface area contributed by atoms with E-state index in [0.717, 1.165) is 48.2 Å². The Morgan fingerprint density at radius 1 is 1.20 bits per heavy atom. The third-order valence-electron chi connectivity index (χ3n) is 3.50. The van der Waals surface area contributed by atoms with Gasteiger partial charge in [-0.1, -0.05) is 12.2 Å². The number of hydrogen-bond acceptors (Lipinski definition) is 4. The number of nitrogens with zero attached hydrogens (tertiary/aromatic N) is 2. The first kappa shape index (κ1) is 15.1. The molecule has 20 heavy (non-hydrogen) atoms. The normalized spacial score (nSPS) is 16.1. The van der Waals surface area contributed by atoms with E-state index in [9.17, 15) is 0 Å². The molecule has 1 aliphatic rings. The minimum atomic E-state index is 0.624. The van der Waals surface area contributed by atoms with Crippen LogP contribution in [-0.4, -0.2) is 61.7 Å². The maximum absolute atomic E-state index is 5.61. The van der Waals surface area contributed by atoms with E-state index in [1.165, 1.54) is 0 Å². The highest BCUT2D eigenvalue weighted by molar-refractivity contribution is 7.80. The van der Waals surface area contributed by atoms with Crippen molar-refractivity contribution in [3.63, 3.8) is 0 Å². The van der Waals surface area contributed by atoms with Crippen LogP contribution in [0.3, 0.4) is 0 Å². The second-order valence-corrected chi connectivity index (χ2v) is 5.28. The summed E-state index contributed by atoms with van der Waals surface area (Å²) in [5, 5.41) is 0. The van der Waals surface area contributed by atoms with Crippen molar-refractivity contribution >= 4 is 17.2 Å². The molecule has 0 unspecified atom stereocenters. The van der Waals surface area contributed by atoms with Crippen LogP contribution < -0.4 is 9.47 Å². The van der Waals surface area contributed by atoms with Gasteiger partial charge < -0.3 is 19.3 Å². The lowest BCUT2D eigenvalue weighted by atomic mass is 10.1. The average Bonchev–Trinajstić information content (AvgIpc) is 2.48. The zero-order valence-electron chi connectivity index (χ0n) is 12.4. The number of thiocarbonyl (C=S) groups is 1. The van der Waals surface area contributed by atoms with Crippen molar-refractivity contribution in [2.24, 2.45) is 0 Å². The van der Waals surface area contributed by atoms with Crippen molar-refractivity contribution in [1.82, 2.24) is 9.80 Å². The van der Waals surface area contributed by atoms with Gasteiger partial charge in [0.05, 0.1) is 13.7 Å². The monoisotopic (exact) mass is 294 g/mol. The number of likely N-dealkylation sites (N-methyl/N-ethyl adjacent to an activating group) is 1. The molecule has 1 aromatic rings. The highest BCUT2D eigenvalue weighted by Crippen LogP contribution is 2.28. The van der Waals surface area contributed by atoms with E-state index in [4.69, 9.17) is 21.7 Å². The summed E-state index contributed by atoms with van der Waals surface area (Å²) >= 11 is 5.61. The minimum Gasteiger partial charge on any atom is -0.493 e. The molecule has 0 saturated carbocycles. The van der Waals surface area contributed by atoms with Crippen molar-refractivity contribution in [3.05, 3.63) is 23.8 Å². The van der Waals surface area contributed by atoms with Gasteiger partial charge in [0.2, 0.25) is 0 Å².